The van der Waals surface area contributed by atoms with E-state index in [0.29, 0.717) is 5.57 Å². The zero-order chi connectivity index (χ0) is 15.2. The average molecular weight is 320 g/mol. The van der Waals surface area contributed by atoms with E-state index in [0.717, 1.165) is 21.1 Å². The number of allylic oxidation sites excluding steroid dienone is 3. The minimum absolute atomic E-state index is 0.583. The number of hydrogen-bond acceptors (Lipinski definition) is 4. The largest absolute Gasteiger partial charge is 0.234 e. The van der Waals surface area contributed by atoms with E-state index in [2.05, 4.69) is 11.1 Å². The van der Waals surface area contributed by atoms with E-state index < -0.39 is 0 Å². The number of benzene rings is 1. The Hall–Kier alpha value is -2.48. The average Bonchev–Trinajstić information content (AvgIpc) is 3.23. The molecule has 3 aromatic rings. The van der Waals surface area contributed by atoms with Gasteiger partial charge >= 0.3 is 0 Å². The summed E-state index contributed by atoms with van der Waals surface area (Å²) in [5.41, 5.74) is 2.62. The Morgan fingerprint density at radius 2 is 1.95 bits per heavy atom. The number of aromatic nitrogens is 1. The van der Waals surface area contributed by atoms with Gasteiger partial charge in [-0.05, 0) is 23.1 Å². The summed E-state index contributed by atoms with van der Waals surface area (Å²) in [6.07, 6.45) is 5.68. The summed E-state index contributed by atoms with van der Waals surface area (Å²) in [4.78, 5) is 5.68. The van der Waals surface area contributed by atoms with Crippen molar-refractivity contribution in [3.8, 4) is 16.6 Å². The molecule has 0 spiro atoms. The molecule has 22 heavy (non-hydrogen) atoms. The van der Waals surface area contributed by atoms with Gasteiger partial charge in [-0.15, -0.1) is 22.7 Å². The number of hydrogen-bond donors (Lipinski definition) is 0. The Labute approximate surface area is 137 Å². The Morgan fingerprint density at radius 3 is 2.68 bits per heavy atom. The van der Waals surface area contributed by atoms with Crippen molar-refractivity contribution < 1.29 is 0 Å². The van der Waals surface area contributed by atoms with Crippen molar-refractivity contribution >= 4 is 34.3 Å². The van der Waals surface area contributed by atoms with Gasteiger partial charge in [0.1, 0.15) is 11.1 Å². The Morgan fingerprint density at radius 1 is 1.09 bits per heavy atom. The second-order valence-corrected chi connectivity index (χ2v) is 6.28. The number of nitriles is 1. The van der Waals surface area contributed by atoms with Crippen LogP contribution in [-0.4, -0.2) is 4.98 Å². The van der Waals surface area contributed by atoms with Crippen LogP contribution < -0.4 is 0 Å². The summed E-state index contributed by atoms with van der Waals surface area (Å²) in [6.45, 7) is 0. The maximum absolute atomic E-state index is 9.33. The lowest BCUT2D eigenvalue weighted by atomic mass is 10.2. The highest BCUT2D eigenvalue weighted by molar-refractivity contribution is 7.14. The Balaban J connectivity index is 1.81. The van der Waals surface area contributed by atoms with Crippen LogP contribution in [0, 0.1) is 11.3 Å². The fourth-order valence-corrected chi connectivity index (χ4v) is 3.47. The molecule has 0 N–H and O–H groups in total. The lowest BCUT2D eigenvalue weighted by Crippen LogP contribution is -1.80. The van der Waals surface area contributed by atoms with Crippen molar-refractivity contribution in [2.45, 2.75) is 0 Å². The van der Waals surface area contributed by atoms with Crippen LogP contribution in [0.3, 0.4) is 0 Å². The Kier molecular flexibility index (Phi) is 4.59. The van der Waals surface area contributed by atoms with Crippen molar-refractivity contribution in [3.63, 3.8) is 0 Å². The second-order valence-electron chi connectivity index (χ2n) is 4.48. The van der Waals surface area contributed by atoms with Crippen molar-refractivity contribution in [3.05, 3.63) is 75.9 Å². The van der Waals surface area contributed by atoms with Crippen LogP contribution in [0.25, 0.3) is 22.2 Å². The zero-order valence-electron chi connectivity index (χ0n) is 11.6. The predicted octanol–water partition coefficient (Wildman–Crippen LogP) is 5.49. The normalized spacial score (nSPS) is 11.7. The highest BCUT2D eigenvalue weighted by Crippen LogP contribution is 2.28. The molecule has 0 bridgehead atoms. The Bertz CT molecular complexity index is 835. The molecule has 0 aliphatic carbocycles. The van der Waals surface area contributed by atoms with Gasteiger partial charge < -0.3 is 0 Å². The van der Waals surface area contributed by atoms with Crippen LogP contribution >= 0.6 is 22.7 Å². The van der Waals surface area contributed by atoms with Crippen molar-refractivity contribution in [2.24, 2.45) is 0 Å². The van der Waals surface area contributed by atoms with Crippen LogP contribution in [0.2, 0.25) is 0 Å². The standard InChI is InChI=1S/C18H12N2S2/c19-12-15(9-4-8-14-6-2-1-3-7-14)18-20-16(13-22-18)17-10-5-11-21-17/h1-11,13H/b8-4+,15-9+. The first-order valence-electron chi connectivity index (χ1n) is 6.70. The molecule has 2 aromatic heterocycles. The number of thiazole rings is 1. The van der Waals surface area contributed by atoms with E-state index in [9.17, 15) is 5.26 Å². The molecule has 1 aromatic carbocycles. The van der Waals surface area contributed by atoms with Crippen LogP contribution in [0.5, 0.6) is 0 Å². The summed E-state index contributed by atoms with van der Waals surface area (Å²) >= 11 is 3.15. The fourth-order valence-electron chi connectivity index (χ4n) is 1.91. The highest BCUT2D eigenvalue weighted by Gasteiger charge is 2.08. The molecule has 0 radical (unpaired) electrons. The van der Waals surface area contributed by atoms with Crippen LogP contribution in [0.15, 0.2) is 65.4 Å². The lowest BCUT2D eigenvalue weighted by Gasteiger charge is -1.92. The molecular weight excluding hydrogens is 308 g/mol. The number of nitrogens with zero attached hydrogens (tertiary/aromatic N) is 2. The fraction of sp³-hybridized carbons (Fsp3) is 0. The SMILES string of the molecule is N#C/C(=C\C=C\c1ccccc1)c1nc(-c2cccs2)cs1. The quantitative estimate of drug-likeness (QED) is 0.470. The van der Waals surface area contributed by atoms with Gasteiger partial charge in [-0.1, -0.05) is 48.6 Å². The van der Waals surface area contributed by atoms with Crippen molar-refractivity contribution in [1.82, 2.24) is 4.98 Å². The predicted molar refractivity (Wildman–Crippen MR) is 94.5 cm³/mol. The summed E-state index contributed by atoms with van der Waals surface area (Å²) in [7, 11) is 0. The number of thiophene rings is 1. The third kappa shape index (κ3) is 3.40. The van der Waals surface area contributed by atoms with E-state index in [1.54, 1.807) is 11.3 Å². The molecule has 4 heteroatoms. The van der Waals surface area contributed by atoms with E-state index in [-0.39, 0.29) is 0 Å². The van der Waals surface area contributed by atoms with Gasteiger partial charge in [0.05, 0.1) is 16.1 Å². The third-order valence-corrected chi connectivity index (χ3v) is 4.75. The zero-order valence-corrected chi connectivity index (χ0v) is 13.3. The maximum atomic E-state index is 9.33. The van der Waals surface area contributed by atoms with Crippen LogP contribution in [0.4, 0.5) is 0 Å². The first kappa shape index (κ1) is 14.5. The lowest BCUT2D eigenvalue weighted by molar-refractivity contribution is 1.38. The molecule has 0 aliphatic rings. The molecule has 0 saturated heterocycles. The molecule has 106 valence electrons. The molecule has 0 atom stereocenters. The topological polar surface area (TPSA) is 36.7 Å². The van der Waals surface area contributed by atoms with E-state index in [1.807, 2.05) is 71.5 Å². The molecule has 0 saturated carbocycles. The minimum atomic E-state index is 0.583. The smallest absolute Gasteiger partial charge is 0.134 e. The van der Waals surface area contributed by atoms with Crippen LogP contribution in [0.1, 0.15) is 10.6 Å². The summed E-state index contributed by atoms with van der Waals surface area (Å²) in [5.74, 6) is 0. The van der Waals surface area contributed by atoms with Gasteiger partial charge in [0.15, 0.2) is 0 Å². The summed E-state index contributed by atoms with van der Waals surface area (Å²) in [6, 6.07) is 16.3. The molecule has 0 amide bonds. The third-order valence-electron chi connectivity index (χ3n) is 2.98. The first-order valence-corrected chi connectivity index (χ1v) is 8.46. The second kappa shape index (κ2) is 6.99. The van der Waals surface area contributed by atoms with Crippen molar-refractivity contribution in [2.75, 3.05) is 0 Å². The van der Waals surface area contributed by atoms with Crippen molar-refractivity contribution in [1.29, 1.82) is 5.26 Å². The van der Waals surface area contributed by atoms with Gasteiger partial charge in [-0.2, -0.15) is 5.26 Å². The maximum Gasteiger partial charge on any atom is 0.134 e. The first-order chi connectivity index (χ1) is 10.9. The van der Waals surface area contributed by atoms with E-state index in [1.165, 1.54) is 11.3 Å². The molecular formula is C18H12N2S2. The van der Waals surface area contributed by atoms with E-state index in [4.69, 9.17) is 0 Å². The van der Waals surface area contributed by atoms with Gasteiger partial charge in [0, 0.05) is 5.38 Å². The summed E-state index contributed by atoms with van der Waals surface area (Å²) < 4.78 is 0. The molecule has 2 nitrogen and oxygen atoms in total. The number of rotatable bonds is 4. The van der Waals surface area contributed by atoms with E-state index >= 15 is 0 Å². The van der Waals surface area contributed by atoms with Crippen LogP contribution in [-0.2, 0) is 0 Å². The molecule has 2 heterocycles. The molecule has 3 rings (SSSR count). The minimum Gasteiger partial charge on any atom is -0.234 e. The molecule has 0 aliphatic heterocycles. The molecule has 0 fully saturated rings. The van der Waals surface area contributed by atoms with Gasteiger partial charge in [0.2, 0.25) is 0 Å². The highest BCUT2D eigenvalue weighted by atomic mass is 32.1. The molecule has 0 unspecified atom stereocenters. The van der Waals surface area contributed by atoms with Gasteiger partial charge in [0.25, 0.3) is 0 Å². The van der Waals surface area contributed by atoms with Gasteiger partial charge in [-0.3, -0.25) is 0 Å². The van der Waals surface area contributed by atoms with Gasteiger partial charge in [-0.25, -0.2) is 4.98 Å². The monoisotopic (exact) mass is 320 g/mol. The summed E-state index contributed by atoms with van der Waals surface area (Å²) in [5, 5.41) is 14.1.